The molecular weight excluding hydrogens is 244 g/mol. The third-order valence-electron chi connectivity index (χ3n) is 3.56. The Kier molecular flexibility index (Phi) is 4.14. The quantitative estimate of drug-likeness (QED) is 0.875. The van der Waals surface area contributed by atoms with E-state index in [1.807, 2.05) is 13.0 Å². The molecule has 1 amide bonds. The van der Waals surface area contributed by atoms with Gasteiger partial charge in [0.1, 0.15) is 5.82 Å². The van der Waals surface area contributed by atoms with Gasteiger partial charge in [0, 0.05) is 12.1 Å². The van der Waals surface area contributed by atoms with Crippen molar-refractivity contribution in [2.75, 3.05) is 5.32 Å². The number of hydrogen-bond donors (Lipinski definition) is 2. The molecule has 1 saturated carbocycles. The maximum absolute atomic E-state index is 12.1. The summed E-state index contributed by atoms with van der Waals surface area (Å²) in [4.78, 5) is 27.2. The summed E-state index contributed by atoms with van der Waals surface area (Å²) in [6.45, 7) is 1.93. The molecule has 0 saturated heterocycles. The van der Waals surface area contributed by atoms with E-state index >= 15 is 0 Å². The maximum atomic E-state index is 12.1. The van der Waals surface area contributed by atoms with Gasteiger partial charge in [-0.25, -0.2) is 4.98 Å². The van der Waals surface area contributed by atoms with Gasteiger partial charge in [-0.1, -0.05) is 6.42 Å². The van der Waals surface area contributed by atoms with Crippen molar-refractivity contribution in [3.63, 3.8) is 0 Å². The number of carbonyl (C=O) groups excluding carboxylic acids is 1. The lowest BCUT2D eigenvalue weighted by molar-refractivity contribution is -0.143. The van der Waals surface area contributed by atoms with E-state index in [4.69, 9.17) is 5.11 Å². The molecule has 0 aromatic carbocycles. The summed E-state index contributed by atoms with van der Waals surface area (Å²) in [6, 6.07) is 3.66. The predicted octanol–water partition coefficient (Wildman–Crippen LogP) is 2.22. The van der Waals surface area contributed by atoms with Crippen LogP contribution in [0.15, 0.2) is 18.3 Å². The van der Waals surface area contributed by atoms with Crippen LogP contribution in [-0.2, 0) is 9.59 Å². The van der Waals surface area contributed by atoms with Crippen LogP contribution in [-0.4, -0.2) is 22.0 Å². The normalized spacial score (nSPS) is 22.8. The van der Waals surface area contributed by atoms with E-state index < -0.39 is 11.9 Å². The number of aromatic nitrogens is 1. The van der Waals surface area contributed by atoms with Crippen LogP contribution < -0.4 is 5.32 Å². The summed E-state index contributed by atoms with van der Waals surface area (Å²) >= 11 is 0. The highest BCUT2D eigenvalue weighted by Gasteiger charge is 2.31. The van der Waals surface area contributed by atoms with E-state index in [1.54, 1.807) is 12.3 Å². The molecule has 1 heterocycles. The first-order chi connectivity index (χ1) is 9.06. The number of aliphatic carboxylic acids is 1. The maximum Gasteiger partial charge on any atom is 0.306 e. The number of nitrogens with zero attached hydrogens (tertiary/aromatic N) is 1. The Labute approximate surface area is 112 Å². The van der Waals surface area contributed by atoms with E-state index in [9.17, 15) is 9.59 Å². The van der Waals surface area contributed by atoms with Crippen molar-refractivity contribution in [1.29, 1.82) is 0 Å². The van der Waals surface area contributed by atoms with Gasteiger partial charge in [0.25, 0.3) is 0 Å². The second-order valence-electron chi connectivity index (χ2n) is 5.11. The highest BCUT2D eigenvalue weighted by molar-refractivity contribution is 5.92. The molecule has 2 N–H and O–H groups in total. The van der Waals surface area contributed by atoms with Gasteiger partial charge in [0.15, 0.2) is 0 Å². The molecule has 0 aliphatic heterocycles. The van der Waals surface area contributed by atoms with Gasteiger partial charge in [0.05, 0.1) is 5.92 Å². The second kappa shape index (κ2) is 5.82. The lowest BCUT2D eigenvalue weighted by atomic mass is 9.81. The van der Waals surface area contributed by atoms with Crippen molar-refractivity contribution in [3.05, 3.63) is 23.9 Å². The van der Waals surface area contributed by atoms with E-state index in [-0.39, 0.29) is 11.8 Å². The SMILES string of the molecule is Cc1ccnc(NC(=O)[C@@H]2CCC[C@H](C(=O)O)C2)c1. The van der Waals surface area contributed by atoms with Crippen LogP contribution in [0.5, 0.6) is 0 Å². The summed E-state index contributed by atoms with van der Waals surface area (Å²) in [6.07, 6.45) is 4.28. The minimum atomic E-state index is -0.800. The van der Waals surface area contributed by atoms with Crippen molar-refractivity contribution in [2.24, 2.45) is 11.8 Å². The molecule has 0 radical (unpaired) electrons. The Bertz CT molecular complexity index is 487. The third kappa shape index (κ3) is 3.53. The van der Waals surface area contributed by atoms with Crippen molar-refractivity contribution in [3.8, 4) is 0 Å². The summed E-state index contributed by atoms with van der Waals surface area (Å²) in [7, 11) is 0. The second-order valence-corrected chi connectivity index (χ2v) is 5.11. The van der Waals surface area contributed by atoms with Crippen LogP contribution in [0.3, 0.4) is 0 Å². The van der Waals surface area contributed by atoms with Crippen molar-refractivity contribution >= 4 is 17.7 Å². The Morgan fingerprint density at radius 1 is 1.37 bits per heavy atom. The summed E-state index contributed by atoms with van der Waals surface area (Å²) < 4.78 is 0. The predicted molar refractivity (Wildman–Crippen MR) is 70.7 cm³/mol. The Morgan fingerprint density at radius 3 is 2.79 bits per heavy atom. The minimum Gasteiger partial charge on any atom is -0.481 e. The summed E-state index contributed by atoms with van der Waals surface area (Å²) in [5.74, 6) is -1.01. The fraction of sp³-hybridized carbons (Fsp3) is 0.500. The van der Waals surface area contributed by atoms with Crippen molar-refractivity contribution in [2.45, 2.75) is 32.6 Å². The van der Waals surface area contributed by atoms with Gasteiger partial charge in [-0.15, -0.1) is 0 Å². The molecule has 1 aliphatic rings. The van der Waals surface area contributed by atoms with Crippen molar-refractivity contribution in [1.82, 2.24) is 4.98 Å². The number of anilines is 1. The molecular formula is C14H18N2O3. The standard InChI is InChI=1S/C14H18N2O3/c1-9-5-6-15-12(7-9)16-13(17)10-3-2-4-11(8-10)14(18)19/h5-7,10-11H,2-4,8H2,1H3,(H,18,19)(H,15,16,17)/t10-,11+/m1/s1. The molecule has 5 heteroatoms. The van der Waals surface area contributed by atoms with Gasteiger partial charge < -0.3 is 10.4 Å². The Hall–Kier alpha value is -1.91. The number of hydrogen-bond acceptors (Lipinski definition) is 3. The van der Waals surface area contributed by atoms with Crippen LogP contribution >= 0.6 is 0 Å². The molecule has 5 nitrogen and oxygen atoms in total. The molecule has 102 valence electrons. The molecule has 2 atom stereocenters. The smallest absolute Gasteiger partial charge is 0.306 e. The van der Waals surface area contributed by atoms with Gasteiger partial charge in [-0.05, 0) is 43.9 Å². The Morgan fingerprint density at radius 2 is 2.11 bits per heavy atom. The zero-order valence-electron chi connectivity index (χ0n) is 10.9. The van der Waals surface area contributed by atoms with E-state index in [0.29, 0.717) is 18.7 Å². The average Bonchev–Trinajstić information content (AvgIpc) is 2.39. The molecule has 1 aromatic heterocycles. The molecule has 0 unspecified atom stereocenters. The first kappa shape index (κ1) is 13.5. The summed E-state index contributed by atoms with van der Waals surface area (Å²) in [5.41, 5.74) is 1.03. The van der Waals surface area contributed by atoms with E-state index in [0.717, 1.165) is 18.4 Å². The van der Waals surface area contributed by atoms with E-state index in [2.05, 4.69) is 10.3 Å². The zero-order valence-corrected chi connectivity index (χ0v) is 10.9. The lowest BCUT2D eigenvalue weighted by Gasteiger charge is -2.25. The van der Waals surface area contributed by atoms with Crippen molar-refractivity contribution < 1.29 is 14.7 Å². The number of carboxylic acid groups (broad SMARTS) is 1. The van der Waals surface area contributed by atoms with Crippen LogP contribution in [0.2, 0.25) is 0 Å². The third-order valence-corrected chi connectivity index (χ3v) is 3.56. The van der Waals surface area contributed by atoms with Gasteiger partial charge in [0.2, 0.25) is 5.91 Å². The number of nitrogens with one attached hydrogen (secondary N) is 1. The van der Waals surface area contributed by atoms with Crippen LogP contribution in [0, 0.1) is 18.8 Å². The minimum absolute atomic E-state index is 0.121. The molecule has 2 rings (SSSR count). The monoisotopic (exact) mass is 262 g/mol. The fourth-order valence-corrected chi connectivity index (χ4v) is 2.49. The molecule has 1 aromatic rings. The van der Waals surface area contributed by atoms with Gasteiger partial charge >= 0.3 is 5.97 Å². The largest absolute Gasteiger partial charge is 0.481 e. The highest BCUT2D eigenvalue weighted by atomic mass is 16.4. The zero-order chi connectivity index (χ0) is 13.8. The summed E-state index contributed by atoms with van der Waals surface area (Å²) in [5, 5.41) is 11.8. The molecule has 1 aliphatic carbocycles. The Balaban J connectivity index is 1.98. The first-order valence-corrected chi connectivity index (χ1v) is 6.52. The first-order valence-electron chi connectivity index (χ1n) is 6.52. The van der Waals surface area contributed by atoms with Crippen LogP contribution in [0.25, 0.3) is 0 Å². The number of pyridine rings is 1. The highest BCUT2D eigenvalue weighted by Crippen LogP contribution is 2.30. The van der Waals surface area contributed by atoms with E-state index in [1.165, 1.54) is 0 Å². The van der Waals surface area contributed by atoms with Gasteiger partial charge in [-0.3, -0.25) is 9.59 Å². The lowest BCUT2D eigenvalue weighted by Crippen LogP contribution is -2.31. The molecule has 19 heavy (non-hydrogen) atoms. The topological polar surface area (TPSA) is 79.3 Å². The molecule has 1 fully saturated rings. The molecule has 0 bridgehead atoms. The van der Waals surface area contributed by atoms with Gasteiger partial charge in [-0.2, -0.15) is 0 Å². The number of carbonyl (C=O) groups is 2. The van der Waals surface area contributed by atoms with Crippen LogP contribution in [0.4, 0.5) is 5.82 Å². The number of rotatable bonds is 3. The number of carboxylic acids is 1. The number of aryl methyl sites for hydroxylation is 1. The van der Waals surface area contributed by atoms with Crippen LogP contribution in [0.1, 0.15) is 31.2 Å². The fourth-order valence-electron chi connectivity index (χ4n) is 2.49. The molecule has 0 spiro atoms. The average molecular weight is 262 g/mol. The number of amides is 1.